The summed E-state index contributed by atoms with van der Waals surface area (Å²) in [6, 6.07) is -0.540. The highest BCUT2D eigenvalue weighted by Gasteiger charge is 2.31. The SMILES string of the molecule is CC/C=C\C1=C(C)CN(C(C=O)CCC(=O)NC)C1=O. The number of allylic oxidation sites excluding steroid dienone is 1. The Hall–Kier alpha value is -1.91. The van der Waals surface area contributed by atoms with Crippen LogP contribution in [0.1, 0.15) is 33.1 Å². The van der Waals surface area contributed by atoms with Crippen molar-refractivity contribution >= 4 is 18.1 Å². The highest BCUT2D eigenvalue weighted by Crippen LogP contribution is 2.23. The maximum Gasteiger partial charge on any atom is 0.254 e. The Bertz CT molecular complexity index is 452. The molecule has 1 N–H and O–H groups in total. The molecule has 0 aliphatic carbocycles. The fourth-order valence-corrected chi connectivity index (χ4v) is 2.17. The Morgan fingerprint density at radius 3 is 2.75 bits per heavy atom. The van der Waals surface area contributed by atoms with Gasteiger partial charge >= 0.3 is 0 Å². The summed E-state index contributed by atoms with van der Waals surface area (Å²) in [5.41, 5.74) is 1.63. The summed E-state index contributed by atoms with van der Waals surface area (Å²) >= 11 is 0. The molecule has 0 aromatic heterocycles. The number of carbonyl (C=O) groups is 3. The van der Waals surface area contributed by atoms with Crippen molar-refractivity contribution in [2.24, 2.45) is 0 Å². The minimum atomic E-state index is -0.540. The molecule has 0 saturated heterocycles. The molecule has 0 radical (unpaired) electrons. The minimum absolute atomic E-state index is 0.124. The largest absolute Gasteiger partial charge is 0.359 e. The zero-order valence-electron chi connectivity index (χ0n) is 12.3. The third-order valence-corrected chi connectivity index (χ3v) is 3.38. The van der Waals surface area contributed by atoms with E-state index in [1.807, 2.05) is 26.0 Å². The average Bonchev–Trinajstić information content (AvgIpc) is 2.72. The van der Waals surface area contributed by atoms with Gasteiger partial charge in [-0.05, 0) is 25.3 Å². The van der Waals surface area contributed by atoms with Gasteiger partial charge in [0, 0.05) is 25.6 Å². The molecule has 0 fully saturated rings. The monoisotopic (exact) mass is 278 g/mol. The molecular weight excluding hydrogens is 256 g/mol. The van der Waals surface area contributed by atoms with Crippen LogP contribution in [0.2, 0.25) is 0 Å². The Balaban J connectivity index is 2.73. The molecule has 1 rings (SSSR count). The van der Waals surface area contributed by atoms with Crippen LogP contribution in [0, 0.1) is 0 Å². The molecule has 0 saturated carbocycles. The Labute approximate surface area is 119 Å². The van der Waals surface area contributed by atoms with Gasteiger partial charge in [-0.3, -0.25) is 9.59 Å². The van der Waals surface area contributed by atoms with Crippen molar-refractivity contribution in [2.75, 3.05) is 13.6 Å². The molecule has 0 aromatic carbocycles. The molecule has 1 aliphatic rings. The number of nitrogens with zero attached hydrogens (tertiary/aromatic N) is 1. The molecule has 1 atom stereocenters. The van der Waals surface area contributed by atoms with Crippen molar-refractivity contribution in [2.45, 2.75) is 39.2 Å². The van der Waals surface area contributed by atoms with Crippen molar-refractivity contribution in [3.05, 3.63) is 23.3 Å². The van der Waals surface area contributed by atoms with Crippen molar-refractivity contribution in [3.63, 3.8) is 0 Å². The normalized spacial score (nSPS) is 16.9. The molecule has 1 heterocycles. The van der Waals surface area contributed by atoms with E-state index in [0.29, 0.717) is 18.5 Å². The number of hydrogen-bond acceptors (Lipinski definition) is 3. The zero-order valence-corrected chi connectivity index (χ0v) is 12.3. The first-order valence-electron chi connectivity index (χ1n) is 6.88. The highest BCUT2D eigenvalue weighted by atomic mass is 16.2. The fraction of sp³-hybridized carbons (Fsp3) is 0.533. The second-order valence-electron chi connectivity index (χ2n) is 4.85. The van der Waals surface area contributed by atoms with Gasteiger partial charge in [-0.15, -0.1) is 0 Å². The highest BCUT2D eigenvalue weighted by molar-refractivity contribution is 6.00. The summed E-state index contributed by atoms with van der Waals surface area (Å²) in [6.07, 6.45) is 5.95. The zero-order chi connectivity index (χ0) is 15.1. The van der Waals surface area contributed by atoms with Crippen LogP contribution in [0.4, 0.5) is 0 Å². The summed E-state index contributed by atoms with van der Waals surface area (Å²) in [6.45, 7) is 4.36. The third-order valence-electron chi connectivity index (χ3n) is 3.38. The first-order valence-corrected chi connectivity index (χ1v) is 6.88. The van der Waals surface area contributed by atoms with Gasteiger partial charge in [-0.25, -0.2) is 0 Å². The van der Waals surface area contributed by atoms with Crippen LogP contribution in [-0.4, -0.2) is 42.6 Å². The number of rotatable bonds is 7. The lowest BCUT2D eigenvalue weighted by Gasteiger charge is -2.23. The Kier molecular flexibility index (Phi) is 6.15. The average molecular weight is 278 g/mol. The van der Waals surface area contributed by atoms with E-state index in [1.54, 1.807) is 11.9 Å². The quantitative estimate of drug-likeness (QED) is 0.712. The van der Waals surface area contributed by atoms with Gasteiger partial charge in [0.1, 0.15) is 6.29 Å². The summed E-state index contributed by atoms with van der Waals surface area (Å²) in [4.78, 5) is 36.3. The van der Waals surface area contributed by atoms with Crippen LogP contribution in [0.15, 0.2) is 23.3 Å². The second kappa shape index (κ2) is 7.62. The number of carbonyl (C=O) groups excluding carboxylic acids is 3. The second-order valence-corrected chi connectivity index (χ2v) is 4.85. The van der Waals surface area contributed by atoms with E-state index >= 15 is 0 Å². The van der Waals surface area contributed by atoms with Crippen LogP contribution in [0.3, 0.4) is 0 Å². The topological polar surface area (TPSA) is 66.5 Å². The molecule has 5 nitrogen and oxygen atoms in total. The molecule has 1 aliphatic heterocycles. The first kappa shape index (κ1) is 16.1. The smallest absolute Gasteiger partial charge is 0.254 e. The molecule has 2 amide bonds. The third kappa shape index (κ3) is 3.79. The lowest BCUT2D eigenvalue weighted by atomic mass is 10.1. The van der Waals surface area contributed by atoms with E-state index in [4.69, 9.17) is 0 Å². The van der Waals surface area contributed by atoms with E-state index in [2.05, 4.69) is 5.32 Å². The minimum Gasteiger partial charge on any atom is -0.359 e. The van der Waals surface area contributed by atoms with Gasteiger partial charge in [0.25, 0.3) is 5.91 Å². The molecule has 5 heteroatoms. The molecule has 0 bridgehead atoms. The van der Waals surface area contributed by atoms with Crippen molar-refractivity contribution in [3.8, 4) is 0 Å². The standard InChI is InChI=1S/C15H22N2O3/c1-4-5-6-13-11(2)9-17(15(13)20)12(10-18)7-8-14(19)16-3/h5-6,10,12H,4,7-9H2,1-3H3,(H,16,19)/b6-5-. The lowest BCUT2D eigenvalue weighted by Crippen LogP contribution is -2.39. The summed E-state index contributed by atoms with van der Waals surface area (Å²) < 4.78 is 0. The van der Waals surface area contributed by atoms with Crippen LogP contribution in [0.25, 0.3) is 0 Å². The van der Waals surface area contributed by atoms with E-state index in [0.717, 1.165) is 18.3 Å². The maximum absolute atomic E-state index is 12.3. The van der Waals surface area contributed by atoms with E-state index in [-0.39, 0.29) is 18.2 Å². The van der Waals surface area contributed by atoms with Crippen LogP contribution in [-0.2, 0) is 14.4 Å². The molecular formula is C15H22N2O3. The van der Waals surface area contributed by atoms with Crippen molar-refractivity contribution in [1.29, 1.82) is 0 Å². The number of hydrogen-bond donors (Lipinski definition) is 1. The van der Waals surface area contributed by atoms with E-state index in [1.165, 1.54) is 0 Å². The summed E-state index contributed by atoms with van der Waals surface area (Å²) in [5.74, 6) is -0.250. The van der Waals surface area contributed by atoms with Gasteiger partial charge in [-0.1, -0.05) is 19.1 Å². The first-order chi connectivity index (χ1) is 9.54. The van der Waals surface area contributed by atoms with Gasteiger partial charge < -0.3 is 15.0 Å². The van der Waals surface area contributed by atoms with Crippen molar-refractivity contribution in [1.82, 2.24) is 10.2 Å². The summed E-state index contributed by atoms with van der Waals surface area (Å²) in [7, 11) is 1.55. The number of aldehydes is 1. The molecule has 0 aromatic rings. The number of amides is 2. The van der Waals surface area contributed by atoms with Gasteiger partial charge in [0.2, 0.25) is 5.91 Å². The van der Waals surface area contributed by atoms with Crippen LogP contribution in [0.5, 0.6) is 0 Å². The lowest BCUT2D eigenvalue weighted by molar-refractivity contribution is -0.131. The van der Waals surface area contributed by atoms with Gasteiger partial charge in [0.15, 0.2) is 0 Å². The summed E-state index contributed by atoms with van der Waals surface area (Å²) in [5, 5.41) is 2.51. The van der Waals surface area contributed by atoms with Crippen LogP contribution < -0.4 is 5.32 Å². The Morgan fingerprint density at radius 2 is 2.20 bits per heavy atom. The van der Waals surface area contributed by atoms with Gasteiger partial charge in [-0.2, -0.15) is 0 Å². The maximum atomic E-state index is 12.3. The predicted octanol–water partition coefficient (Wildman–Crippen LogP) is 1.21. The molecule has 110 valence electrons. The van der Waals surface area contributed by atoms with E-state index in [9.17, 15) is 14.4 Å². The Morgan fingerprint density at radius 1 is 1.50 bits per heavy atom. The van der Waals surface area contributed by atoms with Crippen molar-refractivity contribution < 1.29 is 14.4 Å². The fourth-order valence-electron chi connectivity index (χ4n) is 2.17. The molecule has 20 heavy (non-hydrogen) atoms. The van der Waals surface area contributed by atoms with Gasteiger partial charge in [0.05, 0.1) is 6.04 Å². The number of nitrogens with one attached hydrogen (secondary N) is 1. The van der Waals surface area contributed by atoms with E-state index < -0.39 is 6.04 Å². The molecule has 1 unspecified atom stereocenters. The predicted molar refractivity (Wildman–Crippen MR) is 77.0 cm³/mol. The van der Waals surface area contributed by atoms with Crippen LogP contribution >= 0.6 is 0 Å². The molecule has 0 spiro atoms.